The van der Waals surface area contributed by atoms with Crippen molar-refractivity contribution in [1.82, 2.24) is 0 Å². The summed E-state index contributed by atoms with van der Waals surface area (Å²) in [5.41, 5.74) is 1.20. The maximum Gasteiger partial charge on any atom is 0.0539 e. The summed E-state index contributed by atoms with van der Waals surface area (Å²) in [5.74, 6) is 2.85. The fourth-order valence-corrected chi connectivity index (χ4v) is 4.16. The van der Waals surface area contributed by atoms with Gasteiger partial charge in [-0.15, -0.1) is 23.5 Å². The molecule has 0 aromatic heterocycles. The SMILES string of the molecule is C=C(CC1SCCCS1)[C@H](C)CO. The third-order valence-corrected chi connectivity index (χ3v) is 5.24. The van der Waals surface area contributed by atoms with Crippen molar-refractivity contribution >= 4 is 23.5 Å². The van der Waals surface area contributed by atoms with Gasteiger partial charge in [-0.25, -0.2) is 0 Å². The molecule has 1 heterocycles. The molecular weight excluding hydrogens is 200 g/mol. The van der Waals surface area contributed by atoms with Crippen LogP contribution in [0.1, 0.15) is 19.8 Å². The molecule has 0 spiro atoms. The lowest BCUT2D eigenvalue weighted by atomic mass is 10.0. The average molecular weight is 218 g/mol. The van der Waals surface area contributed by atoms with Crippen LogP contribution in [-0.4, -0.2) is 27.8 Å². The smallest absolute Gasteiger partial charge is 0.0539 e. The molecule has 1 N–H and O–H groups in total. The Bertz CT molecular complexity index is 164. The number of rotatable bonds is 4. The standard InChI is InChI=1S/C10H18OS2/c1-8(9(2)7-11)6-10-12-4-3-5-13-10/h9-11H,1,3-7H2,2H3/t9-/m1/s1. The largest absolute Gasteiger partial charge is 0.396 e. The van der Waals surface area contributed by atoms with Gasteiger partial charge in [0.2, 0.25) is 0 Å². The summed E-state index contributed by atoms with van der Waals surface area (Å²) in [5, 5.41) is 8.96. The first-order valence-electron chi connectivity index (χ1n) is 4.75. The molecule has 0 aromatic rings. The van der Waals surface area contributed by atoms with E-state index in [0.29, 0.717) is 4.58 Å². The summed E-state index contributed by atoms with van der Waals surface area (Å²) >= 11 is 4.08. The van der Waals surface area contributed by atoms with Crippen LogP contribution in [0, 0.1) is 5.92 Å². The van der Waals surface area contributed by atoms with Crippen molar-refractivity contribution in [3.05, 3.63) is 12.2 Å². The van der Waals surface area contributed by atoms with Crippen LogP contribution in [0.4, 0.5) is 0 Å². The van der Waals surface area contributed by atoms with Gasteiger partial charge in [0.05, 0.1) is 4.58 Å². The van der Waals surface area contributed by atoms with E-state index in [0.717, 1.165) is 6.42 Å². The summed E-state index contributed by atoms with van der Waals surface area (Å²) < 4.78 is 0.690. The van der Waals surface area contributed by atoms with Crippen LogP contribution in [0.2, 0.25) is 0 Å². The molecule has 0 aromatic carbocycles. The Kier molecular flexibility index (Phi) is 5.29. The molecule has 1 nitrogen and oxygen atoms in total. The monoisotopic (exact) mass is 218 g/mol. The summed E-state index contributed by atoms with van der Waals surface area (Å²) in [7, 11) is 0. The topological polar surface area (TPSA) is 20.2 Å². The van der Waals surface area contributed by atoms with Crippen molar-refractivity contribution in [3.8, 4) is 0 Å². The van der Waals surface area contributed by atoms with Gasteiger partial charge >= 0.3 is 0 Å². The van der Waals surface area contributed by atoms with E-state index >= 15 is 0 Å². The van der Waals surface area contributed by atoms with Crippen LogP contribution in [0.5, 0.6) is 0 Å². The number of hydrogen-bond donors (Lipinski definition) is 1. The summed E-state index contributed by atoms with van der Waals surface area (Å²) in [6, 6.07) is 0. The molecule has 1 aliphatic heterocycles. The fraction of sp³-hybridized carbons (Fsp3) is 0.800. The summed E-state index contributed by atoms with van der Waals surface area (Å²) in [6.07, 6.45) is 2.41. The summed E-state index contributed by atoms with van der Waals surface area (Å²) in [6.45, 7) is 6.31. The van der Waals surface area contributed by atoms with Crippen LogP contribution in [0.3, 0.4) is 0 Å². The molecule has 1 rings (SSSR count). The van der Waals surface area contributed by atoms with E-state index in [1.165, 1.54) is 23.5 Å². The minimum absolute atomic E-state index is 0.237. The van der Waals surface area contributed by atoms with E-state index in [1.807, 2.05) is 30.4 Å². The maximum absolute atomic E-state index is 8.96. The zero-order chi connectivity index (χ0) is 9.68. The van der Waals surface area contributed by atoms with E-state index in [9.17, 15) is 0 Å². The Labute approximate surface area is 89.4 Å². The molecule has 0 bridgehead atoms. The van der Waals surface area contributed by atoms with Crippen molar-refractivity contribution in [3.63, 3.8) is 0 Å². The zero-order valence-electron chi connectivity index (χ0n) is 8.16. The Balaban J connectivity index is 2.26. The van der Waals surface area contributed by atoms with Gasteiger partial charge in [-0.1, -0.05) is 19.1 Å². The molecule has 1 fully saturated rings. The first-order chi connectivity index (χ1) is 6.24. The second-order valence-corrected chi connectivity index (χ2v) is 6.39. The van der Waals surface area contributed by atoms with Crippen molar-refractivity contribution in [2.45, 2.75) is 24.3 Å². The lowest BCUT2D eigenvalue weighted by Crippen LogP contribution is -2.12. The number of aliphatic hydroxyl groups excluding tert-OH is 1. The van der Waals surface area contributed by atoms with Gasteiger partial charge in [-0.2, -0.15) is 0 Å². The Morgan fingerprint density at radius 2 is 2.15 bits per heavy atom. The minimum atomic E-state index is 0.237. The normalized spacial score (nSPS) is 21.4. The van der Waals surface area contributed by atoms with Gasteiger partial charge in [0.15, 0.2) is 0 Å². The highest BCUT2D eigenvalue weighted by molar-refractivity contribution is 8.17. The molecule has 0 aliphatic carbocycles. The highest BCUT2D eigenvalue weighted by Crippen LogP contribution is 2.35. The lowest BCUT2D eigenvalue weighted by Gasteiger charge is -2.23. The summed E-state index contributed by atoms with van der Waals surface area (Å²) in [4.78, 5) is 0. The van der Waals surface area contributed by atoms with Crippen LogP contribution < -0.4 is 0 Å². The molecule has 0 saturated carbocycles. The second kappa shape index (κ2) is 5.99. The molecule has 1 saturated heterocycles. The molecule has 13 heavy (non-hydrogen) atoms. The molecule has 1 atom stereocenters. The van der Waals surface area contributed by atoms with Gasteiger partial charge in [-0.3, -0.25) is 0 Å². The molecule has 76 valence electrons. The van der Waals surface area contributed by atoms with E-state index in [-0.39, 0.29) is 12.5 Å². The molecule has 0 amide bonds. The minimum Gasteiger partial charge on any atom is -0.396 e. The van der Waals surface area contributed by atoms with Crippen LogP contribution >= 0.6 is 23.5 Å². The van der Waals surface area contributed by atoms with Crippen molar-refractivity contribution in [2.24, 2.45) is 5.92 Å². The van der Waals surface area contributed by atoms with E-state index in [4.69, 9.17) is 5.11 Å². The Morgan fingerprint density at radius 3 is 2.69 bits per heavy atom. The average Bonchev–Trinajstić information content (AvgIpc) is 2.18. The van der Waals surface area contributed by atoms with Crippen LogP contribution in [-0.2, 0) is 0 Å². The first kappa shape index (κ1) is 11.5. The van der Waals surface area contributed by atoms with Gasteiger partial charge in [0.1, 0.15) is 0 Å². The van der Waals surface area contributed by atoms with Crippen molar-refractivity contribution in [2.75, 3.05) is 18.1 Å². The number of aliphatic hydroxyl groups is 1. The van der Waals surface area contributed by atoms with E-state index < -0.39 is 0 Å². The lowest BCUT2D eigenvalue weighted by molar-refractivity contribution is 0.254. The molecule has 0 unspecified atom stereocenters. The van der Waals surface area contributed by atoms with Crippen molar-refractivity contribution in [1.29, 1.82) is 0 Å². The molecule has 3 heteroatoms. The first-order valence-corrected chi connectivity index (χ1v) is 6.85. The van der Waals surface area contributed by atoms with Crippen LogP contribution in [0.25, 0.3) is 0 Å². The number of hydrogen-bond acceptors (Lipinski definition) is 3. The zero-order valence-corrected chi connectivity index (χ0v) is 9.79. The van der Waals surface area contributed by atoms with Gasteiger partial charge in [0.25, 0.3) is 0 Å². The highest BCUT2D eigenvalue weighted by atomic mass is 32.2. The maximum atomic E-state index is 8.96. The Morgan fingerprint density at radius 1 is 1.54 bits per heavy atom. The third-order valence-electron chi connectivity index (χ3n) is 2.30. The predicted molar refractivity (Wildman–Crippen MR) is 63.3 cm³/mol. The quantitative estimate of drug-likeness (QED) is 0.733. The van der Waals surface area contributed by atoms with Gasteiger partial charge in [0, 0.05) is 6.61 Å². The van der Waals surface area contributed by atoms with E-state index in [2.05, 4.69) is 6.58 Å². The predicted octanol–water partition coefficient (Wildman–Crippen LogP) is 2.76. The van der Waals surface area contributed by atoms with Crippen LogP contribution in [0.15, 0.2) is 12.2 Å². The highest BCUT2D eigenvalue weighted by Gasteiger charge is 2.17. The van der Waals surface area contributed by atoms with Crippen molar-refractivity contribution < 1.29 is 5.11 Å². The molecule has 0 radical (unpaired) electrons. The number of thioether (sulfide) groups is 2. The molecular formula is C10H18OS2. The van der Waals surface area contributed by atoms with Gasteiger partial charge < -0.3 is 5.11 Å². The second-order valence-electron chi connectivity index (χ2n) is 3.47. The fourth-order valence-electron chi connectivity index (χ4n) is 1.20. The molecule has 1 aliphatic rings. The Hall–Kier alpha value is 0.400. The van der Waals surface area contributed by atoms with E-state index in [1.54, 1.807) is 0 Å². The third kappa shape index (κ3) is 3.96. The van der Waals surface area contributed by atoms with Gasteiger partial charge in [-0.05, 0) is 30.3 Å².